The summed E-state index contributed by atoms with van der Waals surface area (Å²) in [7, 11) is 0. The van der Waals surface area contributed by atoms with Crippen LogP contribution in [0.4, 0.5) is 4.79 Å². The van der Waals surface area contributed by atoms with E-state index in [2.05, 4.69) is 11.2 Å². The largest absolute Gasteiger partial charge is 0.481 e. The number of aliphatic carboxylic acids is 1. The molecule has 1 saturated heterocycles. The Hall–Kier alpha value is -1.70. The molecular weight excluding hydrogens is 256 g/mol. The molecule has 0 aromatic carbocycles. The van der Waals surface area contributed by atoms with Gasteiger partial charge in [-0.15, -0.1) is 12.3 Å². The Kier molecular flexibility index (Phi) is 5.87. The number of carboxylic acids is 1. The number of nitrogens with zero attached hydrogens (tertiary/aromatic N) is 1. The topological polar surface area (TPSA) is 69.6 Å². The van der Waals surface area contributed by atoms with Crippen molar-refractivity contribution in [3.63, 3.8) is 0 Å². The summed E-state index contributed by atoms with van der Waals surface area (Å²) in [5.41, 5.74) is -0.657. The smallest absolute Gasteiger partial charge is 0.317 e. The van der Waals surface area contributed by atoms with E-state index < -0.39 is 11.4 Å². The lowest BCUT2D eigenvalue weighted by Gasteiger charge is -2.39. The molecule has 0 radical (unpaired) electrons. The van der Waals surface area contributed by atoms with Crippen LogP contribution in [-0.2, 0) is 4.79 Å². The fourth-order valence-corrected chi connectivity index (χ4v) is 2.72. The zero-order chi connectivity index (χ0) is 15.2. The number of carbonyl (C=O) groups excluding carboxylic acids is 1. The minimum Gasteiger partial charge on any atom is -0.481 e. The van der Waals surface area contributed by atoms with Crippen LogP contribution in [0.3, 0.4) is 0 Å². The number of hydrogen-bond donors (Lipinski definition) is 2. The number of likely N-dealkylation sites (tertiary alicyclic amines) is 1. The number of carboxylic acid groups (broad SMARTS) is 1. The highest BCUT2D eigenvalue weighted by Gasteiger charge is 2.41. The lowest BCUT2D eigenvalue weighted by molar-refractivity contribution is -0.152. The Morgan fingerprint density at radius 1 is 1.45 bits per heavy atom. The van der Waals surface area contributed by atoms with E-state index in [1.54, 1.807) is 4.90 Å². The molecule has 112 valence electrons. The van der Waals surface area contributed by atoms with Gasteiger partial charge in [0.05, 0.1) is 5.41 Å². The Labute approximate surface area is 120 Å². The second kappa shape index (κ2) is 7.18. The molecule has 1 unspecified atom stereocenters. The fourth-order valence-electron chi connectivity index (χ4n) is 2.72. The molecule has 5 heteroatoms. The molecule has 1 atom stereocenters. The molecule has 2 amide bonds. The van der Waals surface area contributed by atoms with E-state index in [1.165, 1.54) is 0 Å². The third-order valence-electron chi connectivity index (χ3n) is 3.98. The molecule has 2 N–H and O–H groups in total. The summed E-state index contributed by atoms with van der Waals surface area (Å²) in [6.45, 7) is 4.83. The van der Waals surface area contributed by atoms with E-state index >= 15 is 0 Å². The van der Waals surface area contributed by atoms with Gasteiger partial charge in [-0.2, -0.15) is 0 Å². The summed E-state index contributed by atoms with van der Waals surface area (Å²) in [4.78, 5) is 25.2. The number of amides is 2. The average molecular weight is 280 g/mol. The molecule has 0 aromatic rings. The van der Waals surface area contributed by atoms with Gasteiger partial charge in [0.25, 0.3) is 0 Å². The maximum atomic E-state index is 12.0. The van der Waals surface area contributed by atoms with Crippen molar-refractivity contribution >= 4 is 12.0 Å². The summed E-state index contributed by atoms with van der Waals surface area (Å²) in [5.74, 6) is 1.77. The molecule has 0 saturated carbocycles. The van der Waals surface area contributed by atoms with Crippen molar-refractivity contribution in [2.24, 2.45) is 5.41 Å². The van der Waals surface area contributed by atoms with Crippen LogP contribution in [0.25, 0.3) is 0 Å². The van der Waals surface area contributed by atoms with Crippen molar-refractivity contribution in [3.8, 4) is 12.3 Å². The molecule has 0 aromatic heterocycles. The number of urea groups is 1. The van der Waals surface area contributed by atoms with Gasteiger partial charge in [0.15, 0.2) is 0 Å². The minimum absolute atomic E-state index is 0.0608. The predicted octanol–water partition coefficient (Wildman–Crippen LogP) is 2.07. The zero-order valence-electron chi connectivity index (χ0n) is 12.3. The fraction of sp³-hybridized carbons (Fsp3) is 0.733. The second-order valence-corrected chi connectivity index (χ2v) is 5.58. The molecule has 1 aliphatic heterocycles. The molecule has 1 rings (SSSR count). The van der Waals surface area contributed by atoms with Gasteiger partial charge < -0.3 is 15.3 Å². The van der Waals surface area contributed by atoms with Gasteiger partial charge in [0, 0.05) is 25.6 Å². The van der Waals surface area contributed by atoms with Gasteiger partial charge in [0.1, 0.15) is 0 Å². The summed E-state index contributed by atoms with van der Waals surface area (Å²) in [6, 6.07) is -0.211. The van der Waals surface area contributed by atoms with Crippen LogP contribution in [0, 0.1) is 17.8 Å². The summed E-state index contributed by atoms with van der Waals surface area (Å²) in [5, 5.41) is 12.3. The molecule has 5 nitrogen and oxygen atoms in total. The van der Waals surface area contributed by atoms with Crippen LogP contribution in [-0.4, -0.2) is 41.1 Å². The maximum absolute atomic E-state index is 12.0. The SMILES string of the molecule is C#CCC(C)NC(=O)N1CCC(CCC)(C(=O)O)CC1. The zero-order valence-corrected chi connectivity index (χ0v) is 12.3. The lowest BCUT2D eigenvalue weighted by Crippen LogP contribution is -2.51. The predicted molar refractivity (Wildman–Crippen MR) is 77.2 cm³/mol. The Bertz CT molecular complexity index is 392. The van der Waals surface area contributed by atoms with Crippen molar-refractivity contribution in [2.45, 2.75) is 52.0 Å². The van der Waals surface area contributed by atoms with E-state index in [1.807, 2.05) is 13.8 Å². The molecule has 1 aliphatic rings. The van der Waals surface area contributed by atoms with Gasteiger partial charge in [0.2, 0.25) is 0 Å². The number of nitrogens with one attached hydrogen (secondary N) is 1. The van der Waals surface area contributed by atoms with Crippen molar-refractivity contribution in [3.05, 3.63) is 0 Å². The third kappa shape index (κ3) is 3.89. The van der Waals surface area contributed by atoms with Gasteiger partial charge in [-0.1, -0.05) is 13.3 Å². The summed E-state index contributed by atoms with van der Waals surface area (Å²) in [6.07, 6.45) is 8.26. The minimum atomic E-state index is -0.736. The number of hydrogen-bond acceptors (Lipinski definition) is 2. The molecule has 0 aliphatic carbocycles. The standard InChI is InChI=1S/C15H24N2O3/c1-4-6-12(3)16-14(20)17-10-8-15(7-5-2,9-11-17)13(18)19/h1,12H,5-11H2,2-3H3,(H,16,20)(H,18,19). The van der Waals surface area contributed by atoms with E-state index in [0.29, 0.717) is 38.8 Å². The van der Waals surface area contributed by atoms with Crippen LogP contribution in [0.15, 0.2) is 0 Å². The van der Waals surface area contributed by atoms with E-state index in [9.17, 15) is 14.7 Å². The molecular formula is C15H24N2O3. The van der Waals surface area contributed by atoms with Gasteiger partial charge in [-0.25, -0.2) is 4.79 Å². The monoisotopic (exact) mass is 280 g/mol. The van der Waals surface area contributed by atoms with Crippen LogP contribution >= 0.6 is 0 Å². The third-order valence-corrected chi connectivity index (χ3v) is 3.98. The van der Waals surface area contributed by atoms with Gasteiger partial charge in [-0.05, 0) is 26.2 Å². The van der Waals surface area contributed by atoms with Crippen LogP contribution in [0.5, 0.6) is 0 Å². The normalized spacial score (nSPS) is 18.9. The number of piperidine rings is 1. The second-order valence-electron chi connectivity index (χ2n) is 5.58. The van der Waals surface area contributed by atoms with Gasteiger partial charge >= 0.3 is 12.0 Å². The molecule has 20 heavy (non-hydrogen) atoms. The maximum Gasteiger partial charge on any atom is 0.317 e. The summed E-state index contributed by atoms with van der Waals surface area (Å²) < 4.78 is 0. The van der Waals surface area contributed by atoms with E-state index in [-0.39, 0.29) is 12.1 Å². The first-order chi connectivity index (χ1) is 9.45. The highest BCUT2D eigenvalue weighted by Crippen LogP contribution is 2.36. The molecule has 1 heterocycles. The van der Waals surface area contributed by atoms with E-state index in [0.717, 1.165) is 6.42 Å². The first kappa shape index (κ1) is 16.4. The van der Waals surface area contributed by atoms with Crippen molar-refractivity contribution in [1.82, 2.24) is 10.2 Å². The van der Waals surface area contributed by atoms with Crippen LogP contribution in [0.2, 0.25) is 0 Å². The van der Waals surface area contributed by atoms with Crippen molar-refractivity contribution < 1.29 is 14.7 Å². The first-order valence-electron chi connectivity index (χ1n) is 7.17. The highest BCUT2D eigenvalue weighted by molar-refractivity contribution is 5.77. The lowest BCUT2D eigenvalue weighted by atomic mass is 9.75. The van der Waals surface area contributed by atoms with Crippen molar-refractivity contribution in [1.29, 1.82) is 0 Å². The number of carbonyl (C=O) groups is 2. The molecule has 0 bridgehead atoms. The number of rotatable bonds is 5. The Morgan fingerprint density at radius 3 is 2.50 bits per heavy atom. The highest BCUT2D eigenvalue weighted by atomic mass is 16.4. The van der Waals surface area contributed by atoms with Crippen LogP contribution < -0.4 is 5.32 Å². The first-order valence-corrected chi connectivity index (χ1v) is 7.17. The Balaban J connectivity index is 2.54. The van der Waals surface area contributed by atoms with Crippen molar-refractivity contribution in [2.75, 3.05) is 13.1 Å². The quantitative estimate of drug-likeness (QED) is 0.757. The molecule has 0 spiro atoms. The van der Waals surface area contributed by atoms with Crippen LogP contribution in [0.1, 0.15) is 46.0 Å². The average Bonchev–Trinajstić information content (AvgIpc) is 2.39. The van der Waals surface area contributed by atoms with E-state index in [4.69, 9.17) is 6.42 Å². The Morgan fingerprint density at radius 2 is 2.05 bits per heavy atom. The summed E-state index contributed by atoms with van der Waals surface area (Å²) >= 11 is 0. The molecule has 1 fully saturated rings. The van der Waals surface area contributed by atoms with Gasteiger partial charge in [-0.3, -0.25) is 4.79 Å². The number of terminal acetylenes is 1.